The van der Waals surface area contributed by atoms with Gasteiger partial charge in [-0.15, -0.1) is 0 Å². The molecule has 0 aliphatic rings. The standard InChI is InChI=1S/C12H25N/c1-4-7-9-12(10-8-5-2)11-13-6-3/h6,12H,4-5,7-11H2,1-3H3. The van der Waals surface area contributed by atoms with Gasteiger partial charge in [0.1, 0.15) is 0 Å². The number of aliphatic imine (C=N–C) groups is 1. The van der Waals surface area contributed by atoms with E-state index in [-0.39, 0.29) is 0 Å². The number of rotatable bonds is 8. The van der Waals surface area contributed by atoms with Crippen molar-refractivity contribution in [1.82, 2.24) is 0 Å². The number of hydrogen-bond acceptors (Lipinski definition) is 1. The lowest BCUT2D eigenvalue weighted by Gasteiger charge is -2.13. The lowest BCUT2D eigenvalue weighted by Crippen LogP contribution is -2.04. The Balaban J connectivity index is 3.59. The number of hydrogen-bond donors (Lipinski definition) is 0. The zero-order chi connectivity index (χ0) is 9.94. The van der Waals surface area contributed by atoms with Gasteiger partial charge in [0, 0.05) is 6.54 Å². The molecule has 0 saturated heterocycles. The van der Waals surface area contributed by atoms with Crippen LogP contribution in [-0.4, -0.2) is 12.8 Å². The zero-order valence-electron chi connectivity index (χ0n) is 9.55. The van der Waals surface area contributed by atoms with Crippen molar-refractivity contribution >= 4 is 6.21 Å². The average Bonchev–Trinajstić information content (AvgIpc) is 2.17. The van der Waals surface area contributed by atoms with Gasteiger partial charge in [-0.05, 0) is 31.9 Å². The van der Waals surface area contributed by atoms with E-state index in [1.807, 2.05) is 13.1 Å². The van der Waals surface area contributed by atoms with Crippen LogP contribution < -0.4 is 0 Å². The van der Waals surface area contributed by atoms with Crippen molar-refractivity contribution < 1.29 is 0 Å². The lowest BCUT2D eigenvalue weighted by molar-refractivity contribution is 0.430. The van der Waals surface area contributed by atoms with E-state index in [0.717, 1.165) is 12.5 Å². The Labute approximate surface area is 83.6 Å². The fourth-order valence-electron chi connectivity index (χ4n) is 1.57. The third kappa shape index (κ3) is 8.01. The normalized spacial score (nSPS) is 11.7. The molecule has 0 amide bonds. The van der Waals surface area contributed by atoms with Crippen LogP contribution in [0.3, 0.4) is 0 Å². The lowest BCUT2D eigenvalue weighted by atomic mass is 9.96. The van der Waals surface area contributed by atoms with Crippen LogP contribution in [0.1, 0.15) is 59.3 Å². The molecule has 0 aliphatic heterocycles. The Morgan fingerprint density at radius 2 is 1.62 bits per heavy atom. The van der Waals surface area contributed by atoms with Crippen LogP contribution in [0.2, 0.25) is 0 Å². The molecule has 0 unspecified atom stereocenters. The predicted octanol–water partition coefficient (Wildman–Crippen LogP) is 4.07. The number of nitrogens with zero attached hydrogens (tertiary/aromatic N) is 1. The summed E-state index contributed by atoms with van der Waals surface area (Å²) in [6.07, 6.45) is 10.0. The molecule has 1 nitrogen and oxygen atoms in total. The van der Waals surface area contributed by atoms with E-state index in [9.17, 15) is 0 Å². The molecule has 0 radical (unpaired) electrons. The highest BCUT2D eigenvalue weighted by atomic mass is 14.7. The highest BCUT2D eigenvalue weighted by Gasteiger charge is 2.05. The first-order chi connectivity index (χ1) is 6.35. The molecule has 13 heavy (non-hydrogen) atoms. The van der Waals surface area contributed by atoms with Gasteiger partial charge in [-0.1, -0.05) is 39.5 Å². The second-order valence-corrected chi connectivity index (χ2v) is 3.77. The van der Waals surface area contributed by atoms with Crippen molar-refractivity contribution in [3.8, 4) is 0 Å². The van der Waals surface area contributed by atoms with Gasteiger partial charge in [0.25, 0.3) is 0 Å². The van der Waals surface area contributed by atoms with Crippen LogP contribution in [0, 0.1) is 5.92 Å². The van der Waals surface area contributed by atoms with E-state index in [1.54, 1.807) is 0 Å². The maximum absolute atomic E-state index is 4.35. The van der Waals surface area contributed by atoms with Crippen LogP contribution in [0.25, 0.3) is 0 Å². The molecule has 0 spiro atoms. The summed E-state index contributed by atoms with van der Waals surface area (Å²) in [5, 5.41) is 0. The third-order valence-corrected chi connectivity index (χ3v) is 2.48. The second kappa shape index (κ2) is 9.76. The van der Waals surface area contributed by atoms with E-state index in [4.69, 9.17) is 0 Å². The smallest absolute Gasteiger partial charge is 0.0413 e. The molecule has 0 N–H and O–H groups in total. The van der Waals surface area contributed by atoms with Crippen molar-refractivity contribution in [1.29, 1.82) is 0 Å². The SMILES string of the molecule is CC=NCC(CCCC)CCCC. The minimum Gasteiger partial charge on any atom is -0.298 e. The molecule has 0 aromatic rings. The van der Waals surface area contributed by atoms with Crippen molar-refractivity contribution in [2.75, 3.05) is 6.54 Å². The van der Waals surface area contributed by atoms with Crippen LogP contribution >= 0.6 is 0 Å². The molecule has 1 heteroatoms. The Bertz CT molecular complexity index is 110. The van der Waals surface area contributed by atoms with Gasteiger partial charge in [-0.2, -0.15) is 0 Å². The first-order valence-corrected chi connectivity index (χ1v) is 5.79. The van der Waals surface area contributed by atoms with Gasteiger partial charge in [0.2, 0.25) is 0 Å². The summed E-state index contributed by atoms with van der Waals surface area (Å²) in [6, 6.07) is 0. The summed E-state index contributed by atoms with van der Waals surface area (Å²) in [6.45, 7) is 7.59. The minimum atomic E-state index is 0.844. The van der Waals surface area contributed by atoms with Gasteiger partial charge in [-0.25, -0.2) is 0 Å². The van der Waals surface area contributed by atoms with Crippen molar-refractivity contribution in [3.63, 3.8) is 0 Å². The van der Waals surface area contributed by atoms with Gasteiger partial charge in [-0.3, -0.25) is 4.99 Å². The van der Waals surface area contributed by atoms with E-state index >= 15 is 0 Å². The van der Waals surface area contributed by atoms with Crippen LogP contribution in [-0.2, 0) is 0 Å². The van der Waals surface area contributed by atoms with Crippen LogP contribution in [0.5, 0.6) is 0 Å². The molecule has 0 aromatic carbocycles. The fourth-order valence-corrected chi connectivity index (χ4v) is 1.57. The molecule has 0 aliphatic carbocycles. The highest BCUT2D eigenvalue weighted by Crippen LogP contribution is 2.16. The van der Waals surface area contributed by atoms with Crippen LogP contribution in [0.4, 0.5) is 0 Å². The monoisotopic (exact) mass is 183 g/mol. The molecular weight excluding hydrogens is 158 g/mol. The maximum atomic E-state index is 4.35. The first-order valence-electron chi connectivity index (χ1n) is 5.79. The Hall–Kier alpha value is -0.330. The topological polar surface area (TPSA) is 12.4 Å². The highest BCUT2D eigenvalue weighted by molar-refractivity contribution is 5.53. The summed E-state index contributed by atoms with van der Waals surface area (Å²) < 4.78 is 0. The average molecular weight is 183 g/mol. The van der Waals surface area contributed by atoms with Crippen molar-refractivity contribution in [2.24, 2.45) is 10.9 Å². The molecule has 0 bridgehead atoms. The molecule has 0 saturated carbocycles. The van der Waals surface area contributed by atoms with Gasteiger partial charge < -0.3 is 0 Å². The Morgan fingerprint density at radius 3 is 2.00 bits per heavy atom. The summed E-state index contributed by atoms with van der Waals surface area (Å²) in [7, 11) is 0. The zero-order valence-corrected chi connectivity index (χ0v) is 9.55. The largest absolute Gasteiger partial charge is 0.298 e. The maximum Gasteiger partial charge on any atom is 0.0413 e. The minimum absolute atomic E-state index is 0.844. The van der Waals surface area contributed by atoms with Crippen LogP contribution in [0.15, 0.2) is 4.99 Å². The molecular formula is C12H25N. The fraction of sp³-hybridized carbons (Fsp3) is 0.917. The Kier molecular flexibility index (Phi) is 9.51. The second-order valence-electron chi connectivity index (χ2n) is 3.77. The third-order valence-electron chi connectivity index (χ3n) is 2.48. The quantitative estimate of drug-likeness (QED) is 0.503. The van der Waals surface area contributed by atoms with Gasteiger partial charge >= 0.3 is 0 Å². The van der Waals surface area contributed by atoms with Gasteiger partial charge in [0.05, 0.1) is 0 Å². The molecule has 0 fully saturated rings. The van der Waals surface area contributed by atoms with E-state index in [1.165, 1.54) is 38.5 Å². The summed E-state index contributed by atoms with van der Waals surface area (Å²) in [5.74, 6) is 0.844. The molecule has 0 aromatic heterocycles. The van der Waals surface area contributed by atoms with Crippen molar-refractivity contribution in [2.45, 2.75) is 59.3 Å². The molecule has 78 valence electrons. The van der Waals surface area contributed by atoms with E-state index < -0.39 is 0 Å². The predicted molar refractivity (Wildman–Crippen MR) is 61.6 cm³/mol. The Morgan fingerprint density at radius 1 is 1.08 bits per heavy atom. The number of unbranched alkanes of at least 4 members (excludes halogenated alkanes) is 2. The first kappa shape index (κ1) is 12.7. The van der Waals surface area contributed by atoms with E-state index in [0.29, 0.717) is 0 Å². The van der Waals surface area contributed by atoms with E-state index in [2.05, 4.69) is 18.8 Å². The molecule has 0 atom stereocenters. The van der Waals surface area contributed by atoms with Gasteiger partial charge in [0.15, 0.2) is 0 Å². The molecule has 0 rings (SSSR count). The summed E-state index contributed by atoms with van der Waals surface area (Å²) >= 11 is 0. The molecule has 0 heterocycles. The summed E-state index contributed by atoms with van der Waals surface area (Å²) in [4.78, 5) is 4.35. The summed E-state index contributed by atoms with van der Waals surface area (Å²) in [5.41, 5.74) is 0. The van der Waals surface area contributed by atoms with Crippen molar-refractivity contribution in [3.05, 3.63) is 0 Å².